The summed E-state index contributed by atoms with van der Waals surface area (Å²) >= 11 is -1.41. The van der Waals surface area contributed by atoms with Gasteiger partial charge < -0.3 is 0 Å². The topological polar surface area (TPSA) is 17.1 Å². The van der Waals surface area contributed by atoms with Crippen molar-refractivity contribution in [1.82, 2.24) is 0 Å². The Morgan fingerprint density at radius 3 is 2.40 bits per heavy atom. The van der Waals surface area contributed by atoms with Crippen molar-refractivity contribution in [2.24, 2.45) is 0 Å². The summed E-state index contributed by atoms with van der Waals surface area (Å²) in [6.45, 7) is 0. The van der Waals surface area contributed by atoms with Crippen LogP contribution in [0, 0.1) is 0 Å². The molecule has 0 heterocycles. The Hall–Kier alpha value is -0.277. The normalized spacial score (nSPS) is 10.5. The van der Waals surface area contributed by atoms with Crippen LogP contribution < -0.4 is 0 Å². The SMILES string of the molecule is O=[C]([GeH2][Cl])c1ccccc1. The molecule has 1 rings (SSSR count). The first-order valence-electron chi connectivity index (χ1n) is 2.99. The molecule has 0 amide bonds. The Morgan fingerprint density at radius 1 is 1.30 bits per heavy atom. The second kappa shape index (κ2) is 3.79. The van der Waals surface area contributed by atoms with Gasteiger partial charge in [0.05, 0.1) is 0 Å². The molecule has 3 heteroatoms. The minimum atomic E-state index is -1.41. The Balaban J connectivity index is 2.85. The molecule has 10 heavy (non-hydrogen) atoms. The second-order valence-corrected chi connectivity index (χ2v) is 5.22. The van der Waals surface area contributed by atoms with Gasteiger partial charge in [0.1, 0.15) is 0 Å². The van der Waals surface area contributed by atoms with E-state index < -0.39 is 14.5 Å². The fraction of sp³-hybridized carbons (Fsp3) is 0. The van der Waals surface area contributed by atoms with Crippen molar-refractivity contribution >= 4 is 29.1 Å². The average molecular weight is 215 g/mol. The predicted molar refractivity (Wildman–Crippen MR) is 45.2 cm³/mol. The van der Waals surface area contributed by atoms with Gasteiger partial charge in [-0.15, -0.1) is 0 Å². The molecule has 0 fully saturated rings. The Bertz CT molecular complexity index is 222. The number of carbonyl (C=O) groups excluding carboxylic acids is 1. The summed E-state index contributed by atoms with van der Waals surface area (Å²) in [4.78, 5) is 11.0. The molecule has 0 aliphatic rings. The minimum absolute atomic E-state index is 0.162. The first-order chi connectivity index (χ1) is 4.84. The zero-order valence-electron chi connectivity index (χ0n) is 5.38. The van der Waals surface area contributed by atoms with Gasteiger partial charge in [0.15, 0.2) is 0 Å². The molecule has 0 radical (unpaired) electrons. The molecule has 0 saturated carbocycles. The third kappa shape index (κ3) is 1.85. The van der Waals surface area contributed by atoms with E-state index in [9.17, 15) is 4.79 Å². The van der Waals surface area contributed by atoms with Crippen LogP contribution in [-0.2, 0) is 0 Å². The van der Waals surface area contributed by atoms with Gasteiger partial charge in [-0.25, -0.2) is 0 Å². The van der Waals surface area contributed by atoms with Crippen LogP contribution in [0.1, 0.15) is 10.4 Å². The number of benzene rings is 1. The summed E-state index contributed by atoms with van der Waals surface area (Å²) in [7, 11) is 5.52. The van der Waals surface area contributed by atoms with Gasteiger partial charge in [0, 0.05) is 0 Å². The third-order valence-electron chi connectivity index (χ3n) is 1.22. The zero-order valence-corrected chi connectivity index (χ0v) is 9.10. The number of carbonyl (C=O) groups is 1. The molecule has 0 aliphatic heterocycles. The van der Waals surface area contributed by atoms with E-state index in [0.29, 0.717) is 0 Å². The van der Waals surface area contributed by atoms with E-state index in [1.54, 1.807) is 12.1 Å². The molecule has 0 N–H and O–H groups in total. The molecule has 0 spiro atoms. The van der Waals surface area contributed by atoms with E-state index in [4.69, 9.17) is 10.0 Å². The van der Waals surface area contributed by atoms with Crippen LogP contribution in [0.25, 0.3) is 0 Å². The van der Waals surface area contributed by atoms with Gasteiger partial charge in [-0.2, -0.15) is 0 Å². The maximum atomic E-state index is 11.0. The summed E-state index contributed by atoms with van der Waals surface area (Å²) in [6, 6.07) is 9.19. The first-order valence-corrected chi connectivity index (χ1v) is 8.37. The molecule has 0 saturated heterocycles. The molecule has 1 nitrogen and oxygen atoms in total. The van der Waals surface area contributed by atoms with Crippen molar-refractivity contribution in [1.29, 1.82) is 0 Å². The number of hydrogen-bond acceptors (Lipinski definition) is 1. The standard InChI is InChI=1S/C7H7ClGeO/c8-9-7(10)6-4-2-1-3-5-6/h1-5H,9H2. The van der Waals surface area contributed by atoms with E-state index >= 15 is 0 Å². The Morgan fingerprint density at radius 2 is 1.90 bits per heavy atom. The van der Waals surface area contributed by atoms with Crippen molar-refractivity contribution in [3.05, 3.63) is 35.9 Å². The van der Waals surface area contributed by atoms with E-state index in [2.05, 4.69) is 0 Å². The van der Waals surface area contributed by atoms with Gasteiger partial charge in [0.25, 0.3) is 0 Å². The molecule has 1 aromatic rings. The Labute approximate surface area is 70.0 Å². The second-order valence-electron chi connectivity index (χ2n) is 1.92. The monoisotopic (exact) mass is 216 g/mol. The summed E-state index contributed by atoms with van der Waals surface area (Å²) in [5.74, 6) is 0. The summed E-state index contributed by atoms with van der Waals surface area (Å²) in [5, 5.41) is 0. The summed E-state index contributed by atoms with van der Waals surface area (Å²) < 4.78 is 0.162. The van der Waals surface area contributed by atoms with Gasteiger partial charge >= 0.3 is 69.8 Å². The molecule has 0 aliphatic carbocycles. The quantitative estimate of drug-likeness (QED) is 0.676. The van der Waals surface area contributed by atoms with Crippen LogP contribution in [0.5, 0.6) is 0 Å². The van der Waals surface area contributed by atoms with Crippen LogP contribution in [0.4, 0.5) is 0 Å². The molecule has 52 valence electrons. The fourth-order valence-electron chi connectivity index (χ4n) is 0.701. The van der Waals surface area contributed by atoms with Crippen molar-refractivity contribution in [3.8, 4) is 0 Å². The van der Waals surface area contributed by atoms with Crippen LogP contribution in [-0.4, -0.2) is 19.1 Å². The van der Waals surface area contributed by atoms with Crippen molar-refractivity contribution in [2.45, 2.75) is 0 Å². The van der Waals surface area contributed by atoms with Gasteiger partial charge in [-0.05, 0) is 0 Å². The van der Waals surface area contributed by atoms with Crippen molar-refractivity contribution in [3.63, 3.8) is 0 Å². The van der Waals surface area contributed by atoms with E-state index in [1.807, 2.05) is 18.2 Å². The number of rotatable bonds is 2. The van der Waals surface area contributed by atoms with Crippen LogP contribution in [0.3, 0.4) is 0 Å². The number of halogens is 1. The van der Waals surface area contributed by atoms with Crippen LogP contribution >= 0.6 is 10.0 Å². The molecule has 0 atom stereocenters. The van der Waals surface area contributed by atoms with Crippen molar-refractivity contribution in [2.75, 3.05) is 0 Å². The molecular weight excluding hydrogens is 208 g/mol. The van der Waals surface area contributed by atoms with Gasteiger partial charge in [-0.3, -0.25) is 0 Å². The van der Waals surface area contributed by atoms with Crippen LogP contribution in [0.2, 0.25) is 0 Å². The summed E-state index contributed by atoms with van der Waals surface area (Å²) in [6.07, 6.45) is 0. The summed E-state index contributed by atoms with van der Waals surface area (Å²) in [5.41, 5.74) is 0.762. The molecule has 0 unspecified atom stereocenters. The van der Waals surface area contributed by atoms with E-state index in [0.717, 1.165) is 5.56 Å². The first kappa shape index (κ1) is 7.83. The van der Waals surface area contributed by atoms with Crippen LogP contribution in [0.15, 0.2) is 30.3 Å². The van der Waals surface area contributed by atoms with E-state index in [-0.39, 0.29) is 4.62 Å². The fourth-order valence-corrected chi connectivity index (χ4v) is 2.32. The molecule has 0 aromatic heterocycles. The third-order valence-corrected chi connectivity index (χ3v) is 3.84. The Kier molecular flexibility index (Phi) is 2.96. The van der Waals surface area contributed by atoms with Crippen molar-refractivity contribution < 1.29 is 4.79 Å². The van der Waals surface area contributed by atoms with Gasteiger partial charge in [-0.1, -0.05) is 0 Å². The average Bonchev–Trinajstić information content (AvgIpc) is 2.05. The zero-order chi connectivity index (χ0) is 7.40. The molecule has 0 bridgehead atoms. The molecule has 1 aromatic carbocycles. The van der Waals surface area contributed by atoms with E-state index in [1.165, 1.54) is 0 Å². The van der Waals surface area contributed by atoms with Gasteiger partial charge in [0.2, 0.25) is 0 Å². The maximum absolute atomic E-state index is 11.0. The number of hydrogen-bond donors (Lipinski definition) is 0. The molecular formula is C7H7ClGeO. The predicted octanol–water partition coefficient (Wildman–Crippen LogP) is 1.15.